The van der Waals surface area contributed by atoms with Crippen LogP contribution in [0.15, 0.2) is 0 Å². The zero-order valence-corrected chi connectivity index (χ0v) is 7.45. The summed E-state index contributed by atoms with van der Waals surface area (Å²) >= 11 is 0.872. The van der Waals surface area contributed by atoms with Crippen molar-refractivity contribution in [2.75, 3.05) is 0 Å². The van der Waals surface area contributed by atoms with Crippen molar-refractivity contribution >= 4 is 15.0 Å². The van der Waals surface area contributed by atoms with Crippen LogP contribution in [-0.4, -0.2) is 15.0 Å². The molecule has 1 aliphatic rings. The maximum absolute atomic E-state index is 2.33. The van der Waals surface area contributed by atoms with Gasteiger partial charge in [-0.2, -0.15) is 0 Å². The monoisotopic (exact) mass is 170 g/mol. The molecule has 0 aromatic heterocycles. The van der Waals surface area contributed by atoms with E-state index in [2.05, 4.69) is 5.82 Å². The van der Waals surface area contributed by atoms with E-state index >= 15 is 0 Å². The molecule has 0 aliphatic heterocycles. The standard InChI is InChI=1S/C6H11Se.Li/c1-7-6-4-2-3-5-6;/h2-5H2,1H3;/q-1;+1. The molecule has 0 nitrogen and oxygen atoms in total. The van der Waals surface area contributed by atoms with Gasteiger partial charge in [0.25, 0.3) is 0 Å². The minimum Gasteiger partial charge on any atom is 1.00 e. The molecule has 2 heteroatoms. The minimum absolute atomic E-state index is 0. The number of hydrogen-bond donors (Lipinski definition) is 0. The van der Waals surface area contributed by atoms with Gasteiger partial charge in [0.05, 0.1) is 0 Å². The molecule has 1 rings (SSSR count). The summed E-state index contributed by atoms with van der Waals surface area (Å²) in [6, 6.07) is 0. The van der Waals surface area contributed by atoms with Crippen molar-refractivity contribution in [2.45, 2.75) is 31.5 Å². The van der Waals surface area contributed by atoms with Crippen molar-refractivity contribution in [1.82, 2.24) is 0 Å². The third-order valence-electron chi connectivity index (χ3n) is 1.45. The van der Waals surface area contributed by atoms with Gasteiger partial charge in [-0.1, -0.05) is 0 Å². The fourth-order valence-electron chi connectivity index (χ4n) is 0.973. The summed E-state index contributed by atoms with van der Waals surface area (Å²) < 4.78 is 0. The molecule has 0 aromatic rings. The second kappa shape index (κ2) is 4.95. The molecule has 8 heavy (non-hydrogen) atoms. The maximum Gasteiger partial charge on any atom is 1.00 e. The first-order valence-corrected chi connectivity index (χ1v) is 5.39. The molecule has 1 aliphatic carbocycles. The van der Waals surface area contributed by atoms with Crippen LogP contribution in [0.5, 0.6) is 0 Å². The molecule has 0 atom stereocenters. The molecule has 0 N–H and O–H groups in total. The Morgan fingerprint density at radius 2 is 1.75 bits per heavy atom. The Hall–Kier alpha value is 1.12. The van der Waals surface area contributed by atoms with Crippen molar-refractivity contribution in [1.29, 1.82) is 0 Å². The van der Waals surface area contributed by atoms with E-state index < -0.39 is 0 Å². The smallest absolute Gasteiger partial charge is 1.00 e. The SMILES string of the molecule is C[Se][C-]1CCCC1.[Li+]. The molecule has 1 fully saturated rings. The van der Waals surface area contributed by atoms with Crippen LogP contribution in [0.25, 0.3) is 0 Å². The predicted octanol–water partition coefficient (Wildman–Crippen LogP) is -1.15. The molecule has 1 saturated carbocycles. The van der Waals surface area contributed by atoms with Crippen LogP contribution in [0.1, 0.15) is 25.7 Å². The van der Waals surface area contributed by atoms with Crippen LogP contribution in [0.4, 0.5) is 0 Å². The Labute approximate surface area is 70.1 Å². The molecule has 42 valence electrons. The number of hydrogen-bond acceptors (Lipinski definition) is 0. The Morgan fingerprint density at radius 3 is 2.00 bits per heavy atom. The summed E-state index contributed by atoms with van der Waals surface area (Å²) in [5, 5.41) is 0. The van der Waals surface area contributed by atoms with Crippen LogP contribution >= 0.6 is 0 Å². The van der Waals surface area contributed by atoms with E-state index in [-0.39, 0.29) is 18.9 Å². The summed E-state index contributed by atoms with van der Waals surface area (Å²) in [7, 11) is 0. The van der Waals surface area contributed by atoms with Gasteiger partial charge in [-0.05, 0) is 0 Å². The number of rotatable bonds is 1. The van der Waals surface area contributed by atoms with Gasteiger partial charge < -0.3 is 0 Å². The third kappa shape index (κ3) is 2.60. The van der Waals surface area contributed by atoms with Crippen molar-refractivity contribution in [2.24, 2.45) is 0 Å². The van der Waals surface area contributed by atoms with E-state index in [4.69, 9.17) is 0 Å². The molecule has 0 bridgehead atoms. The van der Waals surface area contributed by atoms with Crippen molar-refractivity contribution in [3.8, 4) is 0 Å². The summed E-state index contributed by atoms with van der Waals surface area (Å²) in [5.74, 6) is 2.33. The molecule has 0 amide bonds. The molecule has 0 radical (unpaired) electrons. The third-order valence-corrected chi connectivity index (χ3v) is 3.52. The van der Waals surface area contributed by atoms with Crippen molar-refractivity contribution in [3.05, 3.63) is 4.82 Å². The van der Waals surface area contributed by atoms with E-state index in [1.165, 1.54) is 25.7 Å². The first-order valence-electron chi connectivity index (χ1n) is 2.82. The minimum atomic E-state index is 0. The maximum atomic E-state index is 2.33. The second-order valence-electron chi connectivity index (χ2n) is 1.95. The molecular weight excluding hydrogens is 158 g/mol. The van der Waals surface area contributed by atoms with Crippen molar-refractivity contribution in [3.63, 3.8) is 0 Å². The van der Waals surface area contributed by atoms with Gasteiger partial charge in [0.15, 0.2) is 0 Å². The molecular formula is C6H11LiSe. The zero-order chi connectivity index (χ0) is 5.11. The van der Waals surface area contributed by atoms with Crippen LogP contribution in [0.2, 0.25) is 5.82 Å². The summed E-state index contributed by atoms with van der Waals surface area (Å²) in [6.45, 7) is 0. The van der Waals surface area contributed by atoms with Crippen LogP contribution in [-0.2, 0) is 0 Å². The Morgan fingerprint density at radius 1 is 1.25 bits per heavy atom. The fraction of sp³-hybridized carbons (Fsp3) is 0.833. The molecule has 0 saturated heterocycles. The second-order valence-corrected chi connectivity index (χ2v) is 4.02. The molecule has 0 heterocycles. The molecule has 0 spiro atoms. The first kappa shape index (κ1) is 9.12. The summed E-state index contributed by atoms with van der Waals surface area (Å²) in [5.41, 5.74) is 0. The van der Waals surface area contributed by atoms with E-state index in [1.807, 2.05) is 4.82 Å². The first-order chi connectivity index (χ1) is 3.43. The molecule has 0 aromatic carbocycles. The molecule has 0 unspecified atom stereocenters. The van der Waals surface area contributed by atoms with Crippen LogP contribution in [0, 0.1) is 4.82 Å². The van der Waals surface area contributed by atoms with Crippen molar-refractivity contribution < 1.29 is 18.9 Å². The Balaban J connectivity index is 0.000000490. The Kier molecular flexibility index (Phi) is 5.64. The average molecular weight is 169 g/mol. The van der Waals surface area contributed by atoms with Gasteiger partial charge in [-0.15, -0.1) is 0 Å². The van der Waals surface area contributed by atoms with Gasteiger partial charge >= 0.3 is 70.1 Å². The average Bonchev–Trinajstić information content (AvgIpc) is 2.14. The van der Waals surface area contributed by atoms with E-state index in [0.717, 1.165) is 15.0 Å². The zero-order valence-electron chi connectivity index (χ0n) is 5.74. The van der Waals surface area contributed by atoms with Crippen LogP contribution in [0.3, 0.4) is 0 Å². The van der Waals surface area contributed by atoms with Crippen LogP contribution < -0.4 is 18.9 Å². The quantitative estimate of drug-likeness (QED) is 0.343. The van der Waals surface area contributed by atoms with E-state index in [0.29, 0.717) is 0 Å². The van der Waals surface area contributed by atoms with E-state index in [1.54, 1.807) is 0 Å². The van der Waals surface area contributed by atoms with Gasteiger partial charge in [0.1, 0.15) is 0 Å². The van der Waals surface area contributed by atoms with Gasteiger partial charge in [-0.25, -0.2) is 0 Å². The normalized spacial score (nSPS) is 20.6. The van der Waals surface area contributed by atoms with Gasteiger partial charge in [0, 0.05) is 0 Å². The Bertz CT molecular complexity index is 50.5. The predicted molar refractivity (Wildman–Crippen MR) is 33.3 cm³/mol. The van der Waals surface area contributed by atoms with Gasteiger partial charge in [-0.3, -0.25) is 0 Å². The topological polar surface area (TPSA) is 0 Å². The van der Waals surface area contributed by atoms with E-state index in [9.17, 15) is 0 Å². The summed E-state index contributed by atoms with van der Waals surface area (Å²) in [6.07, 6.45) is 5.86. The van der Waals surface area contributed by atoms with Gasteiger partial charge in [0.2, 0.25) is 0 Å². The summed E-state index contributed by atoms with van der Waals surface area (Å²) in [4.78, 5) is 1.85. The largest absolute Gasteiger partial charge is 1.00 e. The fourth-order valence-corrected chi connectivity index (χ4v) is 2.44.